The highest BCUT2D eigenvalue weighted by Crippen LogP contribution is 2.36. The zero-order chi connectivity index (χ0) is 24.9. The van der Waals surface area contributed by atoms with Gasteiger partial charge in [-0.15, -0.1) is 0 Å². The first kappa shape index (κ1) is 23.1. The lowest BCUT2D eigenvalue weighted by molar-refractivity contribution is 0.0296. The van der Waals surface area contributed by atoms with Crippen molar-refractivity contribution in [3.05, 3.63) is 35.9 Å². The van der Waals surface area contributed by atoms with E-state index >= 15 is 0 Å². The van der Waals surface area contributed by atoms with Crippen molar-refractivity contribution in [3.8, 4) is 17.0 Å². The Kier molecular flexibility index (Phi) is 5.86. The second-order valence-electron chi connectivity index (χ2n) is 10.7. The fourth-order valence-electron chi connectivity index (χ4n) is 6.36. The molecule has 0 spiro atoms. The number of aliphatic hydroxyl groups excluding tert-OH is 1. The number of aliphatic hydroxyl groups is 1. The van der Waals surface area contributed by atoms with E-state index in [1.807, 2.05) is 24.3 Å². The molecule has 1 aromatic carbocycles. The molecule has 37 heavy (non-hydrogen) atoms. The number of pyridine rings is 1. The number of methoxy groups -OCH3 is 1. The SMILES string of the molecule is COc1ccc(-c2ccc3c(N4CC5CCC(C4)O5)nc(N4CC5CCCC4CO5)nc3n2)cc1CO. The molecule has 4 atom stereocenters. The molecule has 4 bridgehead atoms. The van der Waals surface area contributed by atoms with Crippen LogP contribution in [0.25, 0.3) is 22.3 Å². The minimum Gasteiger partial charge on any atom is -0.496 e. The minimum atomic E-state index is -0.0972. The molecule has 194 valence electrons. The fraction of sp³-hybridized carbons (Fsp3) is 0.536. The Balaban J connectivity index is 1.34. The van der Waals surface area contributed by atoms with Crippen molar-refractivity contribution >= 4 is 22.8 Å². The summed E-state index contributed by atoms with van der Waals surface area (Å²) in [6, 6.07) is 10.2. The maximum Gasteiger partial charge on any atom is 0.229 e. The van der Waals surface area contributed by atoms with Gasteiger partial charge in [0.15, 0.2) is 5.65 Å². The number of hydrogen-bond acceptors (Lipinski definition) is 9. The molecule has 0 saturated carbocycles. The normalized spacial score (nSPS) is 27.1. The van der Waals surface area contributed by atoms with Gasteiger partial charge in [0.1, 0.15) is 11.6 Å². The molecule has 1 N–H and O–H groups in total. The van der Waals surface area contributed by atoms with Crippen LogP contribution in [0.4, 0.5) is 11.8 Å². The summed E-state index contributed by atoms with van der Waals surface area (Å²) in [6.45, 7) is 3.14. The van der Waals surface area contributed by atoms with Gasteiger partial charge in [-0.2, -0.15) is 9.97 Å². The Morgan fingerprint density at radius 1 is 0.973 bits per heavy atom. The molecule has 3 aromatic rings. The number of benzene rings is 1. The van der Waals surface area contributed by atoms with E-state index in [0.29, 0.717) is 17.4 Å². The largest absolute Gasteiger partial charge is 0.496 e. The van der Waals surface area contributed by atoms with E-state index in [9.17, 15) is 5.11 Å². The van der Waals surface area contributed by atoms with Gasteiger partial charge in [0.25, 0.3) is 0 Å². The third kappa shape index (κ3) is 4.19. The standard InChI is InChI=1S/C28H33N5O4/c1-35-25-10-5-17(11-18(25)15-34)24-9-8-23-26(29-24)30-28(33-14-20-4-2-3-19(33)16-36-20)31-27(23)32-12-21-6-7-22(13-32)37-21/h5,8-11,19-22,34H,2-4,6-7,12-16H2,1H3. The molecule has 9 heteroatoms. The van der Waals surface area contributed by atoms with E-state index in [2.05, 4.69) is 15.9 Å². The Bertz CT molecular complexity index is 1300. The van der Waals surface area contributed by atoms with Crippen LogP contribution in [-0.2, 0) is 16.1 Å². The first-order valence-corrected chi connectivity index (χ1v) is 13.4. The second kappa shape index (κ2) is 9.38. The van der Waals surface area contributed by atoms with Crippen molar-refractivity contribution in [1.29, 1.82) is 0 Å². The smallest absolute Gasteiger partial charge is 0.229 e. The van der Waals surface area contributed by atoms with Gasteiger partial charge in [0, 0.05) is 30.8 Å². The average Bonchev–Trinajstić information content (AvgIpc) is 3.11. The van der Waals surface area contributed by atoms with Gasteiger partial charge >= 0.3 is 0 Å². The molecule has 0 radical (unpaired) electrons. The molecule has 4 unspecified atom stereocenters. The highest BCUT2D eigenvalue weighted by molar-refractivity contribution is 5.90. The van der Waals surface area contributed by atoms with Gasteiger partial charge in [0.2, 0.25) is 5.95 Å². The molecule has 5 aliphatic rings. The van der Waals surface area contributed by atoms with Crippen molar-refractivity contribution in [2.24, 2.45) is 0 Å². The zero-order valence-electron chi connectivity index (χ0n) is 21.2. The lowest BCUT2D eigenvalue weighted by Gasteiger charge is -2.38. The van der Waals surface area contributed by atoms with Crippen LogP contribution in [0.3, 0.4) is 0 Å². The van der Waals surface area contributed by atoms with Gasteiger partial charge in [-0.05, 0) is 62.4 Å². The van der Waals surface area contributed by atoms with E-state index in [-0.39, 0.29) is 24.9 Å². The summed E-state index contributed by atoms with van der Waals surface area (Å²) in [4.78, 5) is 20.0. The number of morpholine rings is 2. The lowest BCUT2D eigenvalue weighted by atomic mass is 10.1. The Labute approximate surface area is 216 Å². The summed E-state index contributed by atoms with van der Waals surface area (Å²) in [6.07, 6.45) is 6.33. The molecular formula is C28H33N5O4. The number of rotatable bonds is 5. The van der Waals surface area contributed by atoms with E-state index in [1.54, 1.807) is 7.11 Å². The average molecular weight is 504 g/mol. The molecule has 5 fully saturated rings. The van der Waals surface area contributed by atoms with Crippen LogP contribution in [0.15, 0.2) is 30.3 Å². The first-order chi connectivity index (χ1) is 18.2. The second-order valence-corrected chi connectivity index (χ2v) is 10.7. The molecule has 0 amide bonds. The van der Waals surface area contributed by atoms with E-state index < -0.39 is 0 Å². The lowest BCUT2D eigenvalue weighted by Crippen LogP contribution is -2.48. The van der Waals surface area contributed by atoms with E-state index in [1.165, 1.54) is 6.42 Å². The maximum atomic E-state index is 9.82. The molecule has 7 heterocycles. The van der Waals surface area contributed by atoms with Gasteiger partial charge in [-0.1, -0.05) is 0 Å². The van der Waals surface area contributed by atoms with Gasteiger partial charge in [-0.25, -0.2) is 4.98 Å². The fourth-order valence-corrected chi connectivity index (χ4v) is 6.36. The van der Waals surface area contributed by atoms with E-state index in [4.69, 9.17) is 29.2 Å². The summed E-state index contributed by atoms with van der Waals surface area (Å²) in [5, 5.41) is 10.8. The molecule has 5 aliphatic heterocycles. The van der Waals surface area contributed by atoms with Crippen LogP contribution in [0.1, 0.15) is 37.7 Å². The van der Waals surface area contributed by atoms with Gasteiger partial charge in [-0.3, -0.25) is 0 Å². The topological polar surface area (TPSA) is 93.1 Å². The summed E-state index contributed by atoms with van der Waals surface area (Å²) in [7, 11) is 1.61. The van der Waals surface area contributed by atoms with Crippen LogP contribution in [0, 0.1) is 0 Å². The summed E-state index contributed by atoms with van der Waals surface area (Å²) < 4.78 is 17.6. The first-order valence-electron chi connectivity index (χ1n) is 13.4. The third-order valence-electron chi connectivity index (χ3n) is 8.30. The quantitative estimate of drug-likeness (QED) is 0.563. The van der Waals surface area contributed by atoms with Crippen LogP contribution in [-0.4, -0.2) is 77.8 Å². The molecule has 0 aliphatic carbocycles. The van der Waals surface area contributed by atoms with Crippen LogP contribution in [0.5, 0.6) is 5.75 Å². The minimum absolute atomic E-state index is 0.0972. The molecule has 8 rings (SSSR count). The summed E-state index contributed by atoms with van der Waals surface area (Å²) >= 11 is 0. The van der Waals surface area contributed by atoms with Gasteiger partial charge < -0.3 is 29.1 Å². The number of fused-ring (bicyclic) bond motifs is 7. The van der Waals surface area contributed by atoms with Crippen LogP contribution >= 0.6 is 0 Å². The van der Waals surface area contributed by atoms with Crippen molar-refractivity contribution in [3.63, 3.8) is 0 Å². The highest BCUT2D eigenvalue weighted by Gasteiger charge is 2.37. The maximum absolute atomic E-state index is 9.82. The van der Waals surface area contributed by atoms with Crippen molar-refractivity contribution in [2.75, 3.05) is 43.2 Å². The third-order valence-corrected chi connectivity index (χ3v) is 8.30. The number of hydrogen-bond donors (Lipinski definition) is 1. The van der Waals surface area contributed by atoms with E-state index in [0.717, 1.165) is 85.9 Å². The van der Waals surface area contributed by atoms with Crippen molar-refractivity contribution in [1.82, 2.24) is 15.0 Å². The predicted molar refractivity (Wildman–Crippen MR) is 140 cm³/mol. The molecule has 9 nitrogen and oxygen atoms in total. The molecule has 5 saturated heterocycles. The summed E-state index contributed by atoms with van der Waals surface area (Å²) in [5.41, 5.74) is 3.15. The van der Waals surface area contributed by atoms with Crippen LogP contribution < -0.4 is 14.5 Å². The van der Waals surface area contributed by atoms with Gasteiger partial charge in [0.05, 0.1) is 55.8 Å². The van der Waals surface area contributed by atoms with Crippen molar-refractivity contribution < 1.29 is 19.3 Å². The molecular weight excluding hydrogens is 470 g/mol. The summed E-state index contributed by atoms with van der Waals surface area (Å²) in [5.74, 6) is 2.36. The van der Waals surface area contributed by atoms with Crippen molar-refractivity contribution in [2.45, 2.75) is 63.1 Å². The molecule has 2 aromatic heterocycles. The number of nitrogens with zero attached hydrogens (tertiary/aromatic N) is 5. The monoisotopic (exact) mass is 503 g/mol. The van der Waals surface area contributed by atoms with Crippen LogP contribution in [0.2, 0.25) is 0 Å². The number of ether oxygens (including phenoxy) is 3. The zero-order valence-corrected chi connectivity index (χ0v) is 21.2. The number of anilines is 2. The Hall–Kier alpha value is -3.01. The highest BCUT2D eigenvalue weighted by atomic mass is 16.5. The Morgan fingerprint density at radius 2 is 1.84 bits per heavy atom. The predicted octanol–water partition coefficient (Wildman–Crippen LogP) is 3.32. The number of aromatic nitrogens is 3. The Morgan fingerprint density at radius 3 is 2.65 bits per heavy atom.